The minimum absolute atomic E-state index is 0.0275. The lowest BCUT2D eigenvalue weighted by atomic mass is 9.90. The van der Waals surface area contributed by atoms with Gasteiger partial charge in [0.2, 0.25) is 5.91 Å². The number of carbonyl (C=O) groups is 1. The van der Waals surface area contributed by atoms with Crippen molar-refractivity contribution in [3.05, 3.63) is 54.1 Å². The second-order valence-electron chi connectivity index (χ2n) is 9.61. The molecule has 1 aromatic carbocycles. The van der Waals surface area contributed by atoms with Crippen LogP contribution in [0.25, 0.3) is 11.0 Å². The van der Waals surface area contributed by atoms with Gasteiger partial charge in [-0.25, -0.2) is 19.3 Å². The van der Waals surface area contributed by atoms with Gasteiger partial charge in [0.05, 0.1) is 17.8 Å². The number of ether oxygens (including phenoxy) is 1. The van der Waals surface area contributed by atoms with Crippen molar-refractivity contribution in [1.82, 2.24) is 19.9 Å². The van der Waals surface area contributed by atoms with Crippen LogP contribution in [0.4, 0.5) is 21.7 Å². The maximum Gasteiger partial charge on any atom is 0.246 e. The third kappa shape index (κ3) is 4.21. The van der Waals surface area contributed by atoms with Crippen molar-refractivity contribution >= 4 is 45.9 Å². The van der Waals surface area contributed by atoms with Gasteiger partial charge in [0.15, 0.2) is 11.6 Å². The van der Waals surface area contributed by atoms with E-state index in [0.717, 1.165) is 31.5 Å². The molecule has 1 saturated carbocycles. The Bertz CT molecular complexity index is 1350. The van der Waals surface area contributed by atoms with Gasteiger partial charge in [-0.1, -0.05) is 18.2 Å². The van der Waals surface area contributed by atoms with Crippen molar-refractivity contribution in [2.45, 2.75) is 37.8 Å². The standard InChI is InChI=1S/C26H26ClFN6O2/c1-2-22(35)34-12-16-5-6-17(34)11-33(16)21-10-8-19-25(32-21)26(30-14-29-19)31-18-7-9-20(23(27)24(18)28)36-13-15-3-4-15/h2,7-10,14-17H,1,3-6,11-13H2,(H,29,30,31)/t16-,17-/m0/s1. The predicted octanol–water partition coefficient (Wildman–Crippen LogP) is 4.72. The third-order valence-electron chi connectivity index (χ3n) is 7.22. The van der Waals surface area contributed by atoms with Gasteiger partial charge in [-0.15, -0.1) is 0 Å². The van der Waals surface area contributed by atoms with Crippen LogP contribution in [-0.4, -0.2) is 57.5 Å². The summed E-state index contributed by atoms with van der Waals surface area (Å²) in [5, 5.41) is 2.98. The molecule has 7 rings (SSSR count). The number of hydrogen-bond acceptors (Lipinski definition) is 7. The number of anilines is 3. The molecule has 2 bridgehead atoms. The average Bonchev–Trinajstić information content (AvgIpc) is 3.75. The number of aromatic nitrogens is 3. The molecule has 5 heterocycles. The van der Waals surface area contributed by atoms with Gasteiger partial charge in [-0.3, -0.25) is 4.79 Å². The van der Waals surface area contributed by atoms with E-state index in [9.17, 15) is 4.79 Å². The molecule has 3 aromatic rings. The molecule has 0 unspecified atom stereocenters. The molecular formula is C26H26ClFN6O2. The maximum atomic E-state index is 15.1. The first-order valence-electron chi connectivity index (χ1n) is 12.2. The van der Waals surface area contributed by atoms with E-state index < -0.39 is 5.82 Å². The van der Waals surface area contributed by atoms with Crippen molar-refractivity contribution in [3.63, 3.8) is 0 Å². The number of nitrogens with one attached hydrogen (secondary N) is 1. The summed E-state index contributed by atoms with van der Waals surface area (Å²) in [7, 11) is 0. The van der Waals surface area contributed by atoms with Gasteiger partial charge in [-0.2, -0.15) is 0 Å². The van der Waals surface area contributed by atoms with E-state index in [1.165, 1.54) is 12.4 Å². The van der Waals surface area contributed by atoms with Crippen molar-refractivity contribution in [2.24, 2.45) is 5.92 Å². The molecule has 8 nitrogen and oxygen atoms in total. The van der Waals surface area contributed by atoms with Gasteiger partial charge >= 0.3 is 0 Å². The number of pyridine rings is 1. The Kier molecular flexibility index (Phi) is 5.87. The predicted molar refractivity (Wildman–Crippen MR) is 136 cm³/mol. The van der Waals surface area contributed by atoms with Crippen LogP contribution in [0.2, 0.25) is 5.02 Å². The fraction of sp³-hybridized carbons (Fsp3) is 0.385. The summed E-state index contributed by atoms with van der Waals surface area (Å²) in [6.45, 7) is 5.52. The first kappa shape index (κ1) is 23.0. The number of piperazine rings is 1. The van der Waals surface area contributed by atoms with Crippen LogP contribution in [0, 0.1) is 11.7 Å². The zero-order valence-corrected chi connectivity index (χ0v) is 20.4. The smallest absolute Gasteiger partial charge is 0.246 e. The number of nitrogens with zero attached hydrogens (tertiary/aromatic N) is 5. The van der Waals surface area contributed by atoms with Crippen LogP contribution in [-0.2, 0) is 4.79 Å². The lowest BCUT2D eigenvalue weighted by molar-refractivity contribution is -0.131. The first-order valence-corrected chi connectivity index (χ1v) is 12.6. The zero-order valence-electron chi connectivity index (χ0n) is 19.7. The van der Waals surface area contributed by atoms with Crippen LogP contribution in [0.5, 0.6) is 5.75 Å². The average molecular weight is 509 g/mol. The largest absolute Gasteiger partial charge is 0.492 e. The van der Waals surface area contributed by atoms with Crippen molar-refractivity contribution in [3.8, 4) is 5.75 Å². The van der Waals surface area contributed by atoms with E-state index in [1.807, 2.05) is 17.0 Å². The molecule has 3 aliphatic heterocycles. The quantitative estimate of drug-likeness (QED) is 0.462. The number of carbonyl (C=O) groups excluding carboxylic acids is 1. The fourth-order valence-electron chi connectivity index (χ4n) is 5.04. The van der Waals surface area contributed by atoms with Crippen molar-refractivity contribution in [2.75, 3.05) is 29.9 Å². The van der Waals surface area contributed by atoms with E-state index in [4.69, 9.17) is 21.3 Å². The van der Waals surface area contributed by atoms with Crippen molar-refractivity contribution < 1.29 is 13.9 Å². The Balaban J connectivity index is 1.27. The molecule has 1 N–H and O–H groups in total. The Morgan fingerprint density at radius 3 is 2.75 bits per heavy atom. The Morgan fingerprint density at radius 2 is 2.00 bits per heavy atom. The molecule has 3 saturated heterocycles. The number of fused-ring (bicyclic) bond motifs is 4. The highest BCUT2D eigenvalue weighted by Crippen LogP contribution is 2.37. The Labute approximate surface area is 213 Å². The highest BCUT2D eigenvalue weighted by Gasteiger charge is 2.41. The molecule has 4 aliphatic rings. The van der Waals surface area contributed by atoms with Crippen LogP contribution in [0.15, 0.2) is 43.2 Å². The second kappa shape index (κ2) is 9.20. The maximum absolute atomic E-state index is 15.1. The number of benzene rings is 1. The van der Waals surface area contributed by atoms with E-state index in [1.54, 1.807) is 12.1 Å². The number of hydrogen-bond donors (Lipinski definition) is 1. The molecule has 0 spiro atoms. The number of halogens is 2. The Hall–Kier alpha value is -3.46. The summed E-state index contributed by atoms with van der Waals surface area (Å²) < 4.78 is 20.8. The molecule has 1 amide bonds. The first-order chi connectivity index (χ1) is 17.5. The Morgan fingerprint density at radius 1 is 1.17 bits per heavy atom. The minimum atomic E-state index is -0.604. The summed E-state index contributed by atoms with van der Waals surface area (Å²) in [5.41, 5.74) is 1.35. The molecule has 2 atom stereocenters. The SMILES string of the molecule is C=CC(=O)N1C[C@@H]2CC[C@H]1CN2c1ccc2ncnc(Nc3ccc(OCC4CC4)c(Cl)c3F)c2n1. The van der Waals surface area contributed by atoms with E-state index in [0.29, 0.717) is 48.2 Å². The second-order valence-corrected chi connectivity index (χ2v) is 9.99. The molecule has 36 heavy (non-hydrogen) atoms. The van der Waals surface area contributed by atoms with Gasteiger partial charge in [0.25, 0.3) is 0 Å². The van der Waals surface area contributed by atoms with Crippen LogP contribution >= 0.6 is 11.6 Å². The van der Waals surface area contributed by atoms with Gasteiger partial charge < -0.3 is 19.9 Å². The molecule has 0 radical (unpaired) electrons. The fourth-order valence-corrected chi connectivity index (χ4v) is 5.26. The lowest BCUT2D eigenvalue weighted by Gasteiger charge is -2.51. The monoisotopic (exact) mass is 508 g/mol. The minimum Gasteiger partial charge on any atom is -0.492 e. The summed E-state index contributed by atoms with van der Waals surface area (Å²) in [6, 6.07) is 7.37. The highest BCUT2D eigenvalue weighted by molar-refractivity contribution is 6.32. The molecule has 2 aromatic heterocycles. The third-order valence-corrected chi connectivity index (χ3v) is 7.57. The van der Waals surface area contributed by atoms with Gasteiger partial charge in [0.1, 0.15) is 28.4 Å². The number of piperidine rings is 2. The topological polar surface area (TPSA) is 83.5 Å². The number of amides is 1. The van der Waals surface area contributed by atoms with Crippen LogP contribution < -0.4 is 15.0 Å². The normalized spacial score (nSPS) is 21.1. The molecule has 10 heteroatoms. The van der Waals surface area contributed by atoms with E-state index >= 15 is 4.39 Å². The summed E-state index contributed by atoms with van der Waals surface area (Å²) in [6.07, 6.45) is 7.02. The molecule has 1 aliphatic carbocycles. The van der Waals surface area contributed by atoms with Crippen LogP contribution in [0.1, 0.15) is 25.7 Å². The summed E-state index contributed by atoms with van der Waals surface area (Å²) in [4.78, 5) is 29.9. The van der Waals surface area contributed by atoms with E-state index in [-0.39, 0.29) is 28.7 Å². The summed E-state index contributed by atoms with van der Waals surface area (Å²) >= 11 is 6.26. The zero-order chi connectivity index (χ0) is 24.8. The van der Waals surface area contributed by atoms with E-state index in [2.05, 4.69) is 26.8 Å². The highest BCUT2D eigenvalue weighted by atomic mass is 35.5. The van der Waals surface area contributed by atoms with Gasteiger partial charge in [-0.05, 0) is 61.9 Å². The van der Waals surface area contributed by atoms with Crippen molar-refractivity contribution in [1.29, 1.82) is 0 Å². The van der Waals surface area contributed by atoms with Crippen LogP contribution in [0.3, 0.4) is 0 Å². The molecule has 186 valence electrons. The number of rotatable bonds is 7. The summed E-state index contributed by atoms with van der Waals surface area (Å²) in [5.74, 6) is 1.41. The molecule has 4 fully saturated rings. The lowest BCUT2D eigenvalue weighted by Crippen LogP contribution is -2.64. The van der Waals surface area contributed by atoms with Gasteiger partial charge in [0, 0.05) is 25.2 Å². The molecular weight excluding hydrogens is 483 g/mol.